The molecule has 5 nitrogen and oxygen atoms in total. The van der Waals surface area contributed by atoms with Crippen molar-refractivity contribution in [2.75, 3.05) is 5.73 Å². The molecule has 2 heterocycles. The van der Waals surface area contributed by atoms with E-state index in [1.165, 1.54) is 0 Å². The van der Waals surface area contributed by atoms with Crippen molar-refractivity contribution in [2.24, 2.45) is 5.92 Å². The lowest BCUT2D eigenvalue weighted by molar-refractivity contribution is -0.111. The SMILES string of the molecule is Nc1nc2n(n1)CC(C=O)CC2. The molecule has 1 aromatic rings. The maximum absolute atomic E-state index is 10.5. The summed E-state index contributed by atoms with van der Waals surface area (Å²) in [6.45, 7) is 0.628. The minimum Gasteiger partial charge on any atom is -0.366 e. The molecule has 5 heteroatoms. The lowest BCUT2D eigenvalue weighted by Crippen LogP contribution is -2.22. The van der Waals surface area contributed by atoms with Crippen LogP contribution in [0, 0.1) is 5.92 Å². The monoisotopic (exact) mass is 166 g/mol. The van der Waals surface area contributed by atoms with Crippen LogP contribution in [0.1, 0.15) is 12.2 Å². The number of rotatable bonds is 1. The van der Waals surface area contributed by atoms with E-state index < -0.39 is 0 Å². The Morgan fingerprint density at radius 3 is 3.25 bits per heavy atom. The molecular formula is C7H10N4O. The summed E-state index contributed by atoms with van der Waals surface area (Å²) in [7, 11) is 0. The fraction of sp³-hybridized carbons (Fsp3) is 0.571. The second-order valence-corrected chi connectivity index (χ2v) is 3.00. The van der Waals surface area contributed by atoms with Crippen LogP contribution >= 0.6 is 0 Å². The van der Waals surface area contributed by atoms with E-state index in [4.69, 9.17) is 5.73 Å². The van der Waals surface area contributed by atoms with Gasteiger partial charge in [-0.1, -0.05) is 0 Å². The predicted molar refractivity (Wildman–Crippen MR) is 42.3 cm³/mol. The second kappa shape index (κ2) is 2.58. The summed E-state index contributed by atoms with van der Waals surface area (Å²) in [6.07, 6.45) is 2.63. The van der Waals surface area contributed by atoms with Crippen molar-refractivity contribution in [3.8, 4) is 0 Å². The van der Waals surface area contributed by atoms with Crippen LogP contribution in [0.15, 0.2) is 0 Å². The Balaban J connectivity index is 2.28. The fourth-order valence-corrected chi connectivity index (χ4v) is 1.46. The van der Waals surface area contributed by atoms with Gasteiger partial charge in [-0.2, -0.15) is 4.98 Å². The number of carbonyl (C=O) groups excluding carboxylic acids is 1. The highest BCUT2D eigenvalue weighted by molar-refractivity contribution is 5.53. The molecule has 1 unspecified atom stereocenters. The molecule has 0 radical (unpaired) electrons. The maximum Gasteiger partial charge on any atom is 0.239 e. The Morgan fingerprint density at radius 2 is 2.50 bits per heavy atom. The third-order valence-electron chi connectivity index (χ3n) is 2.10. The summed E-state index contributed by atoms with van der Waals surface area (Å²) < 4.78 is 1.72. The minimum absolute atomic E-state index is 0.0820. The summed E-state index contributed by atoms with van der Waals surface area (Å²) in [4.78, 5) is 14.5. The third-order valence-corrected chi connectivity index (χ3v) is 2.10. The summed E-state index contributed by atoms with van der Waals surface area (Å²) >= 11 is 0. The molecule has 0 saturated carbocycles. The number of nitrogens with zero attached hydrogens (tertiary/aromatic N) is 3. The quantitative estimate of drug-likeness (QED) is 0.577. The summed E-state index contributed by atoms with van der Waals surface area (Å²) in [5.41, 5.74) is 5.41. The van der Waals surface area contributed by atoms with Gasteiger partial charge in [0, 0.05) is 12.3 Å². The first-order chi connectivity index (χ1) is 5.79. The lowest BCUT2D eigenvalue weighted by atomic mass is 10.0. The number of fused-ring (bicyclic) bond motifs is 1. The van der Waals surface area contributed by atoms with E-state index in [1.807, 2.05) is 0 Å². The van der Waals surface area contributed by atoms with E-state index in [2.05, 4.69) is 10.1 Å². The van der Waals surface area contributed by atoms with E-state index in [1.54, 1.807) is 4.68 Å². The Hall–Kier alpha value is -1.39. The van der Waals surface area contributed by atoms with Crippen LogP contribution in [0.5, 0.6) is 0 Å². The standard InChI is InChI=1S/C7H10N4O/c8-7-9-6-2-1-5(4-12)3-11(6)10-7/h4-5H,1-3H2,(H2,8,10). The molecule has 0 bridgehead atoms. The fourth-order valence-electron chi connectivity index (χ4n) is 1.46. The first-order valence-electron chi connectivity index (χ1n) is 3.94. The van der Waals surface area contributed by atoms with Crippen molar-refractivity contribution in [2.45, 2.75) is 19.4 Å². The van der Waals surface area contributed by atoms with Gasteiger partial charge in [-0.05, 0) is 6.42 Å². The minimum atomic E-state index is 0.0820. The number of nitrogen functional groups attached to an aromatic ring is 1. The average molecular weight is 166 g/mol. The van der Waals surface area contributed by atoms with Crippen LogP contribution in [0.2, 0.25) is 0 Å². The van der Waals surface area contributed by atoms with Gasteiger partial charge in [0.25, 0.3) is 0 Å². The van der Waals surface area contributed by atoms with Crippen LogP contribution in [0.3, 0.4) is 0 Å². The highest BCUT2D eigenvalue weighted by Gasteiger charge is 2.19. The molecule has 2 N–H and O–H groups in total. The van der Waals surface area contributed by atoms with E-state index in [9.17, 15) is 4.79 Å². The smallest absolute Gasteiger partial charge is 0.239 e. The molecule has 0 fully saturated rings. The van der Waals surface area contributed by atoms with Gasteiger partial charge in [0.15, 0.2) is 0 Å². The highest BCUT2D eigenvalue weighted by atomic mass is 16.1. The zero-order valence-corrected chi connectivity index (χ0v) is 6.60. The van der Waals surface area contributed by atoms with Crippen molar-refractivity contribution in [3.63, 3.8) is 0 Å². The zero-order chi connectivity index (χ0) is 8.55. The molecule has 2 rings (SSSR count). The van der Waals surface area contributed by atoms with E-state index in [0.29, 0.717) is 12.5 Å². The lowest BCUT2D eigenvalue weighted by Gasteiger charge is -2.16. The zero-order valence-electron chi connectivity index (χ0n) is 6.60. The number of aldehydes is 1. The van der Waals surface area contributed by atoms with Crippen LogP contribution < -0.4 is 5.73 Å². The molecule has 1 atom stereocenters. The van der Waals surface area contributed by atoms with Gasteiger partial charge in [0.1, 0.15) is 12.1 Å². The number of hydrogen-bond acceptors (Lipinski definition) is 4. The van der Waals surface area contributed by atoms with Crippen molar-refractivity contribution >= 4 is 12.2 Å². The largest absolute Gasteiger partial charge is 0.366 e. The second-order valence-electron chi connectivity index (χ2n) is 3.00. The molecule has 0 saturated heterocycles. The molecule has 0 amide bonds. The normalized spacial score (nSPS) is 21.8. The van der Waals surface area contributed by atoms with Crippen LogP contribution in [0.25, 0.3) is 0 Å². The molecule has 1 aliphatic rings. The number of aromatic nitrogens is 3. The Labute approximate surface area is 69.6 Å². The number of aryl methyl sites for hydroxylation is 1. The molecule has 0 spiro atoms. The van der Waals surface area contributed by atoms with Crippen LogP contribution in [0.4, 0.5) is 5.95 Å². The molecule has 0 aromatic carbocycles. The Kier molecular flexibility index (Phi) is 1.56. The van der Waals surface area contributed by atoms with Crippen molar-refractivity contribution in [1.29, 1.82) is 0 Å². The third kappa shape index (κ3) is 1.07. The summed E-state index contributed by atoms with van der Waals surface area (Å²) in [5.74, 6) is 1.28. The van der Waals surface area contributed by atoms with Crippen molar-refractivity contribution in [1.82, 2.24) is 14.8 Å². The van der Waals surface area contributed by atoms with Gasteiger partial charge < -0.3 is 10.5 Å². The molecule has 0 aliphatic carbocycles. The van der Waals surface area contributed by atoms with Gasteiger partial charge in [-0.25, -0.2) is 4.68 Å². The van der Waals surface area contributed by atoms with E-state index in [0.717, 1.165) is 25.0 Å². The van der Waals surface area contributed by atoms with Crippen molar-refractivity contribution < 1.29 is 4.79 Å². The van der Waals surface area contributed by atoms with Gasteiger partial charge >= 0.3 is 0 Å². The van der Waals surface area contributed by atoms with Gasteiger partial charge in [0.05, 0.1) is 6.54 Å². The molecule has 1 aromatic heterocycles. The number of carbonyl (C=O) groups is 1. The number of nitrogens with two attached hydrogens (primary N) is 1. The van der Waals surface area contributed by atoms with Gasteiger partial charge in [-0.3, -0.25) is 0 Å². The summed E-state index contributed by atoms with van der Waals surface area (Å²) in [6, 6.07) is 0. The molecule has 64 valence electrons. The Morgan fingerprint density at radius 1 is 1.67 bits per heavy atom. The molecular weight excluding hydrogens is 156 g/mol. The number of hydrogen-bond donors (Lipinski definition) is 1. The first kappa shape index (κ1) is 7.27. The first-order valence-corrected chi connectivity index (χ1v) is 3.94. The van der Waals surface area contributed by atoms with E-state index in [-0.39, 0.29) is 5.92 Å². The number of anilines is 1. The molecule has 12 heavy (non-hydrogen) atoms. The van der Waals surface area contributed by atoms with Crippen LogP contribution in [-0.2, 0) is 17.8 Å². The highest BCUT2D eigenvalue weighted by Crippen LogP contribution is 2.16. The van der Waals surface area contributed by atoms with E-state index >= 15 is 0 Å². The van der Waals surface area contributed by atoms with Gasteiger partial charge in [-0.15, -0.1) is 5.10 Å². The average Bonchev–Trinajstić information content (AvgIpc) is 2.43. The van der Waals surface area contributed by atoms with Crippen molar-refractivity contribution in [3.05, 3.63) is 5.82 Å². The molecule has 1 aliphatic heterocycles. The predicted octanol–water partition coefficient (Wildman–Crippen LogP) is -0.378. The topological polar surface area (TPSA) is 73.8 Å². The Bertz CT molecular complexity index is 306. The summed E-state index contributed by atoms with van der Waals surface area (Å²) in [5, 5.41) is 3.97. The van der Waals surface area contributed by atoms with Gasteiger partial charge in [0.2, 0.25) is 5.95 Å². The van der Waals surface area contributed by atoms with Crippen LogP contribution in [-0.4, -0.2) is 21.1 Å². The maximum atomic E-state index is 10.5.